The van der Waals surface area contributed by atoms with Crippen LogP contribution in [-0.4, -0.2) is 44.6 Å². The van der Waals surface area contributed by atoms with E-state index in [9.17, 15) is 13.0 Å². The third kappa shape index (κ3) is 12.6. The fourth-order valence-electron chi connectivity index (χ4n) is 2.30. The highest BCUT2D eigenvalue weighted by Crippen LogP contribution is 2.09. The molecule has 0 bridgehead atoms. The van der Waals surface area contributed by atoms with E-state index in [2.05, 4.69) is 27.1 Å². The predicted octanol–water partition coefficient (Wildman–Crippen LogP) is 3.85. The van der Waals surface area contributed by atoms with Crippen molar-refractivity contribution in [2.24, 2.45) is 0 Å². The van der Waals surface area contributed by atoms with Crippen molar-refractivity contribution >= 4 is 10.1 Å². The van der Waals surface area contributed by atoms with E-state index >= 15 is 0 Å². The van der Waals surface area contributed by atoms with E-state index < -0.39 is 10.1 Å². The van der Waals surface area contributed by atoms with Crippen molar-refractivity contribution in [1.29, 1.82) is 5.26 Å². The van der Waals surface area contributed by atoms with Gasteiger partial charge in [0.2, 0.25) is 0 Å². The van der Waals surface area contributed by atoms with E-state index in [0.29, 0.717) is 6.54 Å². The maximum absolute atomic E-state index is 10.4. The van der Waals surface area contributed by atoms with Crippen LogP contribution in [0.25, 0.3) is 0 Å². The number of nitrogens with zero attached hydrogens (tertiary/aromatic N) is 2. The lowest BCUT2D eigenvalue weighted by Crippen LogP contribution is -2.40. The molecular weight excluding hydrogens is 336 g/mol. The zero-order valence-electron chi connectivity index (χ0n) is 16.0. The molecule has 0 saturated carbocycles. The Morgan fingerprint density at radius 3 is 2.04 bits per heavy atom. The Labute approximate surface area is 153 Å². The molecule has 1 aromatic carbocycles. The molecule has 0 saturated heterocycles. The molecule has 1 rings (SSSR count). The highest BCUT2D eigenvalue weighted by molar-refractivity contribution is 7.85. The largest absolute Gasteiger partial charge is 0.744 e. The van der Waals surface area contributed by atoms with Gasteiger partial charge in [-0.1, -0.05) is 50.3 Å². The van der Waals surface area contributed by atoms with Gasteiger partial charge in [0.05, 0.1) is 25.5 Å². The Balaban J connectivity index is 0.000000472. The van der Waals surface area contributed by atoms with E-state index in [1.807, 2.05) is 6.92 Å². The van der Waals surface area contributed by atoms with Crippen LogP contribution in [0.1, 0.15) is 51.0 Å². The lowest BCUT2D eigenvalue weighted by molar-refractivity contribution is -0.883. The van der Waals surface area contributed by atoms with Crippen LogP contribution in [0.2, 0.25) is 0 Å². The summed E-state index contributed by atoms with van der Waals surface area (Å²) in [6.45, 7) is 5.84. The summed E-state index contributed by atoms with van der Waals surface area (Å²) in [6.07, 6.45) is 8.01. The minimum Gasteiger partial charge on any atom is -0.744 e. The molecule has 0 unspecified atom stereocenters. The Morgan fingerprint density at radius 1 is 1.04 bits per heavy atom. The average Bonchev–Trinajstić information content (AvgIpc) is 2.51. The number of unbranched alkanes of at least 4 members (excludes halogenated alkanes) is 5. The summed E-state index contributed by atoms with van der Waals surface area (Å²) in [6, 6.07) is 8.02. The second-order valence-electron chi connectivity index (χ2n) is 7.01. The van der Waals surface area contributed by atoms with Crippen LogP contribution in [-0.2, 0) is 10.1 Å². The lowest BCUT2D eigenvalue weighted by atomic mass is 10.1. The summed E-state index contributed by atoms with van der Waals surface area (Å²) in [5.74, 6) is 0. The Hall–Kier alpha value is -1.42. The van der Waals surface area contributed by atoms with Crippen LogP contribution in [0, 0.1) is 18.3 Å². The number of benzene rings is 1. The highest BCUT2D eigenvalue weighted by Gasteiger charge is 2.12. The van der Waals surface area contributed by atoms with Gasteiger partial charge >= 0.3 is 0 Å². The SMILES string of the molecule is CCCCCCCC[N+](C)(C)CC#N.Cc1ccc(S(=O)(=O)[O-])cc1. The summed E-state index contributed by atoms with van der Waals surface area (Å²) in [5, 5.41) is 8.61. The number of quaternary nitrogens is 1. The molecule has 0 fully saturated rings. The van der Waals surface area contributed by atoms with Crippen LogP contribution in [0.5, 0.6) is 0 Å². The third-order valence-corrected chi connectivity index (χ3v) is 4.77. The molecule has 1 aromatic rings. The molecule has 0 spiro atoms. The quantitative estimate of drug-likeness (QED) is 0.287. The van der Waals surface area contributed by atoms with Crippen molar-refractivity contribution < 1.29 is 17.5 Å². The van der Waals surface area contributed by atoms with Gasteiger partial charge in [0.1, 0.15) is 16.2 Å². The first-order valence-electron chi connectivity index (χ1n) is 8.84. The number of nitriles is 1. The van der Waals surface area contributed by atoms with Crippen LogP contribution in [0.4, 0.5) is 0 Å². The van der Waals surface area contributed by atoms with Crippen molar-refractivity contribution in [2.45, 2.75) is 57.3 Å². The molecule has 0 aliphatic carbocycles. The number of hydrogen-bond donors (Lipinski definition) is 0. The summed E-state index contributed by atoms with van der Waals surface area (Å²) in [7, 11) is -0.00120. The first-order chi connectivity index (χ1) is 11.6. The second kappa shape index (κ2) is 12.0. The molecule has 0 radical (unpaired) electrons. The molecule has 0 aromatic heterocycles. The average molecular weight is 369 g/mol. The van der Waals surface area contributed by atoms with Crippen LogP contribution in [0.15, 0.2) is 29.2 Å². The van der Waals surface area contributed by atoms with E-state index in [4.69, 9.17) is 5.26 Å². The molecule has 5 nitrogen and oxygen atoms in total. The molecular formula is C19H32N2O3S. The van der Waals surface area contributed by atoms with Gasteiger partial charge in [0, 0.05) is 0 Å². The Morgan fingerprint density at radius 2 is 1.56 bits per heavy atom. The van der Waals surface area contributed by atoms with Crippen LogP contribution in [0.3, 0.4) is 0 Å². The van der Waals surface area contributed by atoms with Crippen molar-refractivity contribution in [1.82, 2.24) is 0 Å². The second-order valence-corrected chi connectivity index (χ2v) is 8.39. The van der Waals surface area contributed by atoms with Crippen molar-refractivity contribution in [3.63, 3.8) is 0 Å². The monoisotopic (exact) mass is 368 g/mol. The van der Waals surface area contributed by atoms with Gasteiger partial charge in [-0.15, -0.1) is 0 Å². The van der Waals surface area contributed by atoms with Crippen LogP contribution >= 0.6 is 0 Å². The zero-order valence-corrected chi connectivity index (χ0v) is 16.8. The van der Waals surface area contributed by atoms with E-state index in [-0.39, 0.29) is 4.90 Å². The van der Waals surface area contributed by atoms with Gasteiger partial charge in [0.25, 0.3) is 0 Å². The predicted molar refractivity (Wildman–Crippen MR) is 100.0 cm³/mol. The Bertz CT molecular complexity index is 617. The summed E-state index contributed by atoms with van der Waals surface area (Å²) in [5.41, 5.74) is 0.928. The highest BCUT2D eigenvalue weighted by atomic mass is 32.2. The zero-order chi connectivity index (χ0) is 19.3. The van der Waals surface area contributed by atoms with Crippen molar-refractivity contribution in [2.75, 3.05) is 27.2 Å². The van der Waals surface area contributed by atoms with Gasteiger partial charge in [-0.2, -0.15) is 5.26 Å². The first-order valence-corrected chi connectivity index (χ1v) is 10.2. The Kier molecular flexibility index (Phi) is 11.3. The van der Waals surface area contributed by atoms with Gasteiger partial charge in [-0.05, 0) is 31.9 Å². The maximum atomic E-state index is 10.4. The first kappa shape index (κ1) is 23.6. The molecule has 142 valence electrons. The topological polar surface area (TPSA) is 81.0 Å². The lowest BCUT2D eigenvalue weighted by Gasteiger charge is -2.26. The molecule has 25 heavy (non-hydrogen) atoms. The molecule has 0 N–H and O–H groups in total. The third-order valence-electron chi connectivity index (χ3n) is 3.93. The van der Waals surface area contributed by atoms with Gasteiger partial charge in [-0.3, -0.25) is 0 Å². The van der Waals surface area contributed by atoms with Gasteiger partial charge in [0.15, 0.2) is 6.54 Å². The van der Waals surface area contributed by atoms with Crippen molar-refractivity contribution in [3.05, 3.63) is 29.8 Å². The molecule has 0 aliphatic rings. The number of aryl methyl sites for hydroxylation is 1. The van der Waals surface area contributed by atoms with Gasteiger partial charge < -0.3 is 9.04 Å². The molecule has 0 atom stereocenters. The summed E-state index contributed by atoms with van der Waals surface area (Å²) < 4.78 is 32.0. The normalized spacial score (nSPS) is 11.4. The minimum atomic E-state index is -4.27. The number of hydrogen-bond acceptors (Lipinski definition) is 4. The fraction of sp³-hybridized carbons (Fsp3) is 0.632. The summed E-state index contributed by atoms with van der Waals surface area (Å²) in [4.78, 5) is -0.178. The van der Waals surface area contributed by atoms with Crippen molar-refractivity contribution in [3.8, 4) is 6.07 Å². The molecule has 0 amide bonds. The van der Waals surface area contributed by atoms with Crippen LogP contribution < -0.4 is 0 Å². The van der Waals surface area contributed by atoms with E-state index in [0.717, 1.165) is 16.6 Å². The standard InChI is InChI=1S/C12H25N2.C7H8O3S/c1-4-5-6-7-8-9-11-14(2,3)12-10-13;1-6-2-4-7(5-3-6)11(8,9)10/h4-9,11-12H2,1-3H3;2-5H,1H3,(H,8,9,10)/q+1;/p-1. The smallest absolute Gasteiger partial charge is 0.166 e. The molecule has 6 heteroatoms. The molecule has 0 heterocycles. The summed E-state index contributed by atoms with van der Waals surface area (Å²) >= 11 is 0. The molecule has 0 aliphatic heterocycles. The fourth-order valence-corrected chi connectivity index (χ4v) is 2.76. The van der Waals surface area contributed by atoms with Gasteiger partial charge in [-0.25, -0.2) is 8.42 Å². The van der Waals surface area contributed by atoms with E-state index in [1.165, 1.54) is 50.7 Å². The van der Waals surface area contributed by atoms with E-state index in [1.54, 1.807) is 12.1 Å². The number of rotatable bonds is 9. The maximum Gasteiger partial charge on any atom is 0.166 e. The minimum absolute atomic E-state index is 0.178.